The Morgan fingerprint density at radius 3 is 1.63 bits per heavy atom. The molecule has 2 N–H and O–H groups in total. The van der Waals surface area contributed by atoms with Crippen molar-refractivity contribution in [1.29, 1.82) is 0 Å². The number of hydrogen-bond donors (Lipinski definition) is 2. The molecule has 0 atom stereocenters. The highest BCUT2D eigenvalue weighted by atomic mass is 16.5. The van der Waals surface area contributed by atoms with Crippen molar-refractivity contribution in [3.63, 3.8) is 0 Å². The average Bonchev–Trinajstić information content (AvgIpc) is 4.05. The number of aromatic nitrogens is 4. The Bertz CT molecular complexity index is 2920. The minimum atomic E-state index is -0.333. The number of carbonyl (C=O) groups is 1. The van der Waals surface area contributed by atoms with Gasteiger partial charge in [-0.3, -0.25) is 0 Å². The fourth-order valence-electron chi connectivity index (χ4n) is 8.17. The number of esters is 1. The van der Waals surface area contributed by atoms with Gasteiger partial charge in [-0.1, -0.05) is 115 Å². The molecule has 10 rings (SSSR count). The maximum absolute atomic E-state index is 13.9. The van der Waals surface area contributed by atoms with Crippen molar-refractivity contribution < 1.29 is 9.53 Å². The van der Waals surface area contributed by atoms with Crippen LogP contribution < -0.4 is 0 Å². The van der Waals surface area contributed by atoms with E-state index in [-0.39, 0.29) is 12.6 Å². The van der Waals surface area contributed by atoms with Crippen LogP contribution >= 0.6 is 0 Å². The number of carbonyl (C=O) groups excluding carboxylic acids is 1. The summed E-state index contributed by atoms with van der Waals surface area (Å²) in [6.45, 7) is 2.13. The zero-order valence-corrected chi connectivity index (χ0v) is 29.6. The monoisotopic (exact) mass is 698 g/mol. The molecule has 0 fully saturated rings. The molecule has 2 aromatic heterocycles. The first-order valence-corrected chi connectivity index (χ1v) is 18.3. The summed E-state index contributed by atoms with van der Waals surface area (Å²) in [6, 6.07) is 43.6. The van der Waals surface area contributed by atoms with Gasteiger partial charge < -0.3 is 14.7 Å². The zero-order valence-electron chi connectivity index (χ0n) is 29.6. The summed E-state index contributed by atoms with van der Waals surface area (Å²) in [7, 11) is 0. The topological polar surface area (TPSA) is 83.7 Å². The number of nitrogens with one attached hydrogen (secondary N) is 2. The molecule has 0 amide bonds. The smallest absolute Gasteiger partial charge is 0.339 e. The second-order valence-electron chi connectivity index (χ2n) is 13.6. The average molecular weight is 699 g/mol. The molecule has 3 aliphatic rings. The first kappa shape index (κ1) is 31.7. The van der Waals surface area contributed by atoms with Crippen LogP contribution in [-0.4, -0.2) is 32.5 Å². The molecule has 8 bridgehead atoms. The van der Waals surface area contributed by atoms with E-state index in [1.54, 1.807) is 0 Å². The third kappa shape index (κ3) is 5.14. The van der Waals surface area contributed by atoms with Gasteiger partial charge in [0.2, 0.25) is 0 Å². The van der Waals surface area contributed by atoms with Crippen LogP contribution in [0.5, 0.6) is 0 Å². The van der Waals surface area contributed by atoms with E-state index >= 15 is 0 Å². The fourth-order valence-corrected chi connectivity index (χ4v) is 8.17. The van der Waals surface area contributed by atoms with Crippen LogP contribution in [0.3, 0.4) is 0 Å². The minimum absolute atomic E-state index is 0.279. The molecule has 7 aromatic rings. The first-order valence-electron chi connectivity index (χ1n) is 18.3. The van der Waals surface area contributed by atoms with Gasteiger partial charge in [-0.25, -0.2) is 14.8 Å². The molecule has 3 aliphatic heterocycles. The van der Waals surface area contributed by atoms with Gasteiger partial charge in [0.05, 0.1) is 40.5 Å². The normalized spacial score (nSPS) is 12.5. The predicted molar refractivity (Wildman–Crippen MR) is 220 cm³/mol. The molecule has 258 valence electrons. The maximum Gasteiger partial charge on any atom is 0.339 e. The highest BCUT2D eigenvalue weighted by Crippen LogP contribution is 2.42. The van der Waals surface area contributed by atoms with Crippen molar-refractivity contribution in [2.24, 2.45) is 0 Å². The summed E-state index contributed by atoms with van der Waals surface area (Å²) < 4.78 is 5.74. The molecule has 0 saturated carbocycles. The van der Waals surface area contributed by atoms with Crippen LogP contribution in [0.25, 0.3) is 90.4 Å². The molecule has 6 heteroatoms. The number of aromatic amines is 2. The number of benzene rings is 5. The summed E-state index contributed by atoms with van der Waals surface area (Å²) >= 11 is 0. The van der Waals surface area contributed by atoms with Crippen LogP contribution in [0.15, 0.2) is 127 Å². The lowest BCUT2D eigenvalue weighted by molar-refractivity contribution is 0.0528. The van der Waals surface area contributed by atoms with Crippen molar-refractivity contribution in [2.45, 2.75) is 13.3 Å². The molecule has 0 saturated heterocycles. The summed E-state index contributed by atoms with van der Waals surface area (Å²) in [4.78, 5) is 32.4. The molecular formula is C48H34N4O2. The highest BCUT2D eigenvalue weighted by Gasteiger charge is 2.28. The molecule has 54 heavy (non-hydrogen) atoms. The van der Waals surface area contributed by atoms with Gasteiger partial charge in [-0.15, -0.1) is 0 Å². The van der Waals surface area contributed by atoms with Crippen LogP contribution in [0.1, 0.15) is 51.3 Å². The van der Waals surface area contributed by atoms with E-state index in [0.717, 1.165) is 100 Å². The van der Waals surface area contributed by atoms with E-state index in [1.807, 2.05) is 43.3 Å². The SMILES string of the molecule is CCOC(=O)c1c2c3[nH]c(c(-c4ccccc4)c4nc(c(-c5ccccc5)c5ccc([nH]5)c(-c5ccccc5)c5nc(c3c3ccccc13)C=C5)C=C4)C2. The van der Waals surface area contributed by atoms with Gasteiger partial charge in [-0.05, 0) is 76.4 Å². The van der Waals surface area contributed by atoms with Crippen LogP contribution in [0.4, 0.5) is 0 Å². The number of rotatable bonds is 5. The molecule has 0 aliphatic carbocycles. The summed E-state index contributed by atoms with van der Waals surface area (Å²) in [6.07, 6.45) is 8.90. The Balaban J connectivity index is 1.44. The maximum atomic E-state index is 13.9. The largest absolute Gasteiger partial charge is 0.462 e. The van der Waals surface area contributed by atoms with Gasteiger partial charge in [0, 0.05) is 45.2 Å². The van der Waals surface area contributed by atoms with E-state index in [1.165, 1.54) is 0 Å². The van der Waals surface area contributed by atoms with Crippen LogP contribution in [0, 0.1) is 0 Å². The van der Waals surface area contributed by atoms with E-state index in [2.05, 4.69) is 125 Å². The van der Waals surface area contributed by atoms with E-state index < -0.39 is 0 Å². The molecule has 0 radical (unpaired) electrons. The minimum Gasteiger partial charge on any atom is -0.462 e. The quantitative estimate of drug-likeness (QED) is 0.175. The molecule has 6 nitrogen and oxygen atoms in total. The lowest BCUT2D eigenvalue weighted by Crippen LogP contribution is -2.09. The van der Waals surface area contributed by atoms with Crippen LogP contribution in [0.2, 0.25) is 0 Å². The number of H-pyrrole nitrogens is 2. The first-order chi connectivity index (χ1) is 26.7. The number of fused-ring (bicyclic) bond motifs is 10. The Morgan fingerprint density at radius 1 is 0.574 bits per heavy atom. The Morgan fingerprint density at radius 2 is 1.06 bits per heavy atom. The number of ether oxygens (including phenoxy) is 1. The Hall–Kier alpha value is -7.05. The second-order valence-corrected chi connectivity index (χ2v) is 13.6. The third-order valence-electron chi connectivity index (χ3n) is 10.4. The predicted octanol–water partition coefficient (Wildman–Crippen LogP) is 11.5. The standard InChI is InChI=1S/C48H34N4O2/c1-2-54-48(53)45-32-20-12-13-21-33(32)46-40-27-26-38(51-40)43(30-16-8-4-9-17-30)36-23-22-35(49-36)42(29-14-6-3-7-15-29)37-24-25-39(50-37)44(31-18-10-5-11-19-31)41-28-34(45)47(46)52-41/h3-27,49,52H,2,28H2,1H3. The van der Waals surface area contributed by atoms with E-state index in [4.69, 9.17) is 14.7 Å². The number of hydrogen-bond acceptors (Lipinski definition) is 4. The van der Waals surface area contributed by atoms with Crippen molar-refractivity contribution in [2.75, 3.05) is 6.61 Å². The van der Waals surface area contributed by atoms with Gasteiger partial charge in [0.25, 0.3) is 0 Å². The van der Waals surface area contributed by atoms with Crippen molar-refractivity contribution in [3.05, 3.63) is 167 Å². The summed E-state index contributed by atoms with van der Waals surface area (Å²) in [5, 5.41) is 2.72. The number of nitrogens with zero attached hydrogens (tertiary/aromatic N) is 2. The molecular weight excluding hydrogens is 665 g/mol. The Labute approximate surface area is 311 Å². The fraction of sp³-hybridized carbons (Fsp3) is 0.0625. The zero-order chi connectivity index (χ0) is 36.2. The molecule has 0 spiro atoms. The highest BCUT2D eigenvalue weighted by molar-refractivity contribution is 6.19. The molecule has 5 heterocycles. The lowest BCUT2D eigenvalue weighted by Gasteiger charge is -2.13. The third-order valence-corrected chi connectivity index (χ3v) is 10.4. The summed E-state index contributed by atoms with van der Waals surface area (Å²) in [5.74, 6) is -0.333. The lowest BCUT2D eigenvalue weighted by atomic mass is 9.92. The van der Waals surface area contributed by atoms with E-state index in [0.29, 0.717) is 12.0 Å². The van der Waals surface area contributed by atoms with Gasteiger partial charge >= 0.3 is 5.97 Å². The van der Waals surface area contributed by atoms with Gasteiger partial charge in [-0.2, -0.15) is 0 Å². The second kappa shape index (κ2) is 12.9. The van der Waals surface area contributed by atoms with Crippen molar-refractivity contribution in [1.82, 2.24) is 19.9 Å². The molecule has 0 unspecified atom stereocenters. The Kier molecular flexibility index (Phi) is 7.54. The van der Waals surface area contributed by atoms with Crippen LogP contribution in [-0.2, 0) is 11.2 Å². The summed E-state index contributed by atoms with van der Waals surface area (Å²) in [5.41, 5.74) is 14.7. The van der Waals surface area contributed by atoms with E-state index in [9.17, 15) is 4.79 Å². The van der Waals surface area contributed by atoms with Crippen molar-refractivity contribution >= 4 is 63.0 Å². The van der Waals surface area contributed by atoms with Crippen molar-refractivity contribution in [3.8, 4) is 33.4 Å². The van der Waals surface area contributed by atoms with Gasteiger partial charge in [0.1, 0.15) is 0 Å². The molecule has 5 aromatic carbocycles. The van der Waals surface area contributed by atoms with Gasteiger partial charge in [0.15, 0.2) is 0 Å².